The molecule has 0 amide bonds. The van der Waals surface area contributed by atoms with E-state index < -0.39 is 5.97 Å². The van der Waals surface area contributed by atoms with E-state index in [0.29, 0.717) is 12.1 Å². The van der Waals surface area contributed by atoms with Crippen molar-refractivity contribution in [3.05, 3.63) is 23.0 Å². The average molecular weight is 264 g/mol. The first-order valence-corrected chi connectivity index (χ1v) is 6.32. The average Bonchev–Trinajstić information content (AvgIpc) is 2.72. The smallest absolute Gasteiger partial charge is 0.305 e. The van der Waals surface area contributed by atoms with Crippen LogP contribution in [0, 0.1) is 11.3 Å². The minimum absolute atomic E-state index is 0.0269. The van der Waals surface area contributed by atoms with Gasteiger partial charge in [-0.15, -0.1) is 0 Å². The fraction of sp³-hybridized carbons (Fsp3) is 0.462. The van der Waals surface area contributed by atoms with E-state index in [4.69, 9.17) is 22.6 Å². The summed E-state index contributed by atoms with van der Waals surface area (Å²) in [5.41, 5.74) is 2.21. The normalized spacial score (nSPS) is 11.8. The van der Waals surface area contributed by atoms with Gasteiger partial charge in [-0.05, 0) is 18.4 Å². The Kier molecular flexibility index (Phi) is 5.05. The second-order valence-electron chi connectivity index (χ2n) is 4.20. The highest BCUT2D eigenvalue weighted by atomic mass is 32.1. The molecule has 1 heterocycles. The SMILES string of the molecule is CCC(C)c1c(C#N)cc(C=S)n1CCC(=O)O. The molecule has 96 valence electrons. The minimum atomic E-state index is -0.854. The molecule has 0 saturated carbocycles. The molecule has 0 radical (unpaired) electrons. The quantitative estimate of drug-likeness (QED) is 0.802. The predicted octanol–water partition coefficient (Wildman–Crippen LogP) is 2.70. The molecule has 18 heavy (non-hydrogen) atoms. The first-order chi connectivity index (χ1) is 8.54. The molecule has 0 aromatic carbocycles. The van der Waals surface area contributed by atoms with Crippen molar-refractivity contribution < 1.29 is 9.90 Å². The van der Waals surface area contributed by atoms with E-state index in [1.54, 1.807) is 6.07 Å². The third-order valence-electron chi connectivity index (χ3n) is 3.04. The topological polar surface area (TPSA) is 66.0 Å². The van der Waals surface area contributed by atoms with E-state index in [0.717, 1.165) is 17.8 Å². The lowest BCUT2D eigenvalue weighted by atomic mass is 10.0. The molecule has 1 rings (SSSR count). The monoisotopic (exact) mass is 264 g/mol. The molecule has 0 fully saturated rings. The van der Waals surface area contributed by atoms with Crippen LogP contribution in [0.1, 0.15) is 49.6 Å². The maximum atomic E-state index is 10.7. The van der Waals surface area contributed by atoms with Gasteiger partial charge in [0.2, 0.25) is 0 Å². The summed E-state index contributed by atoms with van der Waals surface area (Å²) >= 11 is 4.93. The number of rotatable bonds is 6. The number of carboxylic acid groups (broad SMARTS) is 1. The van der Waals surface area contributed by atoms with Crippen LogP contribution in [-0.2, 0) is 11.3 Å². The van der Waals surface area contributed by atoms with Gasteiger partial charge in [-0.2, -0.15) is 5.26 Å². The van der Waals surface area contributed by atoms with Gasteiger partial charge < -0.3 is 9.67 Å². The Balaban J connectivity index is 3.25. The van der Waals surface area contributed by atoms with Crippen molar-refractivity contribution in [2.75, 3.05) is 0 Å². The van der Waals surface area contributed by atoms with Crippen molar-refractivity contribution >= 4 is 23.6 Å². The summed E-state index contributed by atoms with van der Waals surface area (Å²) in [6.07, 6.45) is 0.918. The van der Waals surface area contributed by atoms with Crippen LogP contribution in [0.2, 0.25) is 0 Å². The molecular formula is C13H16N2O2S. The van der Waals surface area contributed by atoms with Crippen molar-refractivity contribution in [1.82, 2.24) is 4.57 Å². The zero-order valence-corrected chi connectivity index (χ0v) is 11.3. The molecule has 5 heteroatoms. The number of hydrogen-bond donors (Lipinski definition) is 1. The molecule has 1 N–H and O–H groups in total. The molecule has 0 aliphatic rings. The highest BCUT2D eigenvalue weighted by Crippen LogP contribution is 2.26. The molecular weight excluding hydrogens is 248 g/mol. The number of nitriles is 1. The summed E-state index contributed by atoms with van der Waals surface area (Å²) in [6.45, 7) is 4.41. The van der Waals surface area contributed by atoms with E-state index in [2.05, 4.69) is 6.07 Å². The number of nitrogens with zero attached hydrogens (tertiary/aromatic N) is 2. The number of aliphatic carboxylic acids is 1. The highest BCUT2D eigenvalue weighted by molar-refractivity contribution is 7.79. The Morgan fingerprint density at radius 2 is 2.39 bits per heavy atom. The number of carbonyl (C=O) groups is 1. The molecule has 1 aromatic heterocycles. The van der Waals surface area contributed by atoms with Crippen molar-refractivity contribution in [1.29, 1.82) is 5.26 Å². The van der Waals surface area contributed by atoms with Gasteiger partial charge in [0.15, 0.2) is 0 Å². The van der Waals surface area contributed by atoms with Crippen LogP contribution >= 0.6 is 12.2 Å². The van der Waals surface area contributed by atoms with Crippen molar-refractivity contribution in [2.45, 2.75) is 39.2 Å². The summed E-state index contributed by atoms with van der Waals surface area (Å²) < 4.78 is 1.86. The molecule has 1 atom stereocenters. The highest BCUT2D eigenvalue weighted by Gasteiger charge is 2.18. The van der Waals surface area contributed by atoms with Gasteiger partial charge >= 0.3 is 5.97 Å². The lowest BCUT2D eigenvalue weighted by Gasteiger charge is -2.15. The summed E-state index contributed by atoms with van der Waals surface area (Å²) in [4.78, 5) is 10.7. The summed E-state index contributed by atoms with van der Waals surface area (Å²) in [6, 6.07) is 3.89. The molecule has 0 saturated heterocycles. The summed E-state index contributed by atoms with van der Waals surface area (Å²) in [5.74, 6) is -0.648. The van der Waals surface area contributed by atoms with Crippen LogP contribution < -0.4 is 0 Å². The second-order valence-corrected chi connectivity index (χ2v) is 4.44. The van der Waals surface area contributed by atoms with Crippen LogP contribution in [-0.4, -0.2) is 21.0 Å². The lowest BCUT2D eigenvalue weighted by molar-refractivity contribution is -0.137. The predicted molar refractivity (Wildman–Crippen MR) is 72.9 cm³/mol. The van der Waals surface area contributed by atoms with Crippen LogP contribution in [0.3, 0.4) is 0 Å². The third-order valence-corrected chi connectivity index (χ3v) is 3.28. The zero-order chi connectivity index (χ0) is 13.7. The molecule has 0 bridgehead atoms. The Morgan fingerprint density at radius 1 is 1.72 bits per heavy atom. The van der Waals surface area contributed by atoms with E-state index in [1.807, 2.05) is 18.4 Å². The fourth-order valence-electron chi connectivity index (χ4n) is 1.95. The maximum absolute atomic E-state index is 10.7. The van der Waals surface area contributed by atoms with Gasteiger partial charge in [0.25, 0.3) is 0 Å². The molecule has 0 spiro atoms. The van der Waals surface area contributed by atoms with Gasteiger partial charge in [-0.25, -0.2) is 0 Å². The van der Waals surface area contributed by atoms with Gasteiger partial charge in [0, 0.05) is 17.6 Å². The van der Waals surface area contributed by atoms with E-state index in [1.165, 1.54) is 5.37 Å². The number of thiocarbonyl (C=S) groups is 1. The van der Waals surface area contributed by atoms with Gasteiger partial charge in [-0.3, -0.25) is 4.79 Å². The molecule has 0 aliphatic heterocycles. The van der Waals surface area contributed by atoms with Gasteiger partial charge in [0.1, 0.15) is 6.07 Å². The van der Waals surface area contributed by atoms with Crippen LogP contribution in [0.5, 0.6) is 0 Å². The van der Waals surface area contributed by atoms with Gasteiger partial charge in [-0.1, -0.05) is 26.1 Å². The Bertz CT molecular complexity index is 500. The molecule has 1 unspecified atom stereocenters. The van der Waals surface area contributed by atoms with E-state index in [9.17, 15) is 4.79 Å². The lowest BCUT2D eigenvalue weighted by Crippen LogP contribution is -2.12. The Labute approximate surface area is 112 Å². The van der Waals surface area contributed by atoms with Gasteiger partial charge in [0.05, 0.1) is 17.7 Å². The summed E-state index contributed by atoms with van der Waals surface area (Å²) in [7, 11) is 0. The number of aromatic nitrogens is 1. The maximum Gasteiger partial charge on any atom is 0.305 e. The second kappa shape index (κ2) is 6.31. The van der Waals surface area contributed by atoms with Crippen LogP contribution in [0.15, 0.2) is 6.07 Å². The standard InChI is InChI=1S/C13H16N2O2S/c1-3-9(2)13-10(7-14)6-11(8-18)15(13)5-4-12(16)17/h6,8-9H,3-5H2,1-2H3,(H,16,17). The Morgan fingerprint density at radius 3 is 2.83 bits per heavy atom. The van der Waals surface area contributed by atoms with E-state index >= 15 is 0 Å². The first kappa shape index (κ1) is 14.4. The van der Waals surface area contributed by atoms with Crippen LogP contribution in [0.4, 0.5) is 0 Å². The summed E-state index contributed by atoms with van der Waals surface area (Å²) in [5, 5.41) is 19.4. The minimum Gasteiger partial charge on any atom is -0.481 e. The number of hydrogen-bond acceptors (Lipinski definition) is 3. The molecule has 0 aliphatic carbocycles. The van der Waals surface area contributed by atoms with Crippen molar-refractivity contribution in [3.63, 3.8) is 0 Å². The molecule has 4 nitrogen and oxygen atoms in total. The largest absolute Gasteiger partial charge is 0.481 e. The van der Waals surface area contributed by atoms with E-state index in [-0.39, 0.29) is 12.3 Å². The fourth-order valence-corrected chi connectivity index (χ4v) is 2.15. The zero-order valence-electron chi connectivity index (χ0n) is 10.5. The Hall–Kier alpha value is -1.67. The van der Waals surface area contributed by atoms with Crippen LogP contribution in [0.25, 0.3) is 0 Å². The van der Waals surface area contributed by atoms with Crippen molar-refractivity contribution in [3.8, 4) is 6.07 Å². The number of carboxylic acids is 1. The molecule has 1 aromatic rings. The van der Waals surface area contributed by atoms with Crippen molar-refractivity contribution in [2.24, 2.45) is 0 Å². The first-order valence-electron chi connectivity index (χ1n) is 5.85. The third kappa shape index (κ3) is 2.96.